The van der Waals surface area contributed by atoms with Crippen LogP contribution in [0.25, 0.3) is 0 Å². The van der Waals surface area contributed by atoms with E-state index in [1.807, 2.05) is 45.0 Å². The number of ether oxygens (including phenoxy) is 3. The summed E-state index contributed by atoms with van der Waals surface area (Å²) < 4.78 is 17.6. The van der Waals surface area contributed by atoms with Crippen LogP contribution in [0.3, 0.4) is 0 Å². The van der Waals surface area contributed by atoms with Crippen LogP contribution in [-0.4, -0.2) is 24.0 Å². The molecule has 0 radical (unpaired) electrons. The van der Waals surface area contributed by atoms with E-state index >= 15 is 0 Å². The summed E-state index contributed by atoms with van der Waals surface area (Å²) in [6.07, 6.45) is 2.20. The van der Waals surface area contributed by atoms with E-state index in [1.165, 1.54) is 0 Å². The van der Waals surface area contributed by atoms with Gasteiger partial charge >= 0.3 is 29.6 Å². The molecule has 3 aromatic rings. The Morgan fingerprint density at radius 2 is 1.76 bits per heavy atom. The van der Waals surface area contributed by atoms with E-state index in [0.29, 0.717) is 47.6 Å². The molecule has 0 saturated carbocycles. The molecule has 0 fully saturated rings. The van der Waals surface area contributed by atoms with Crippen molar-refractivity contribution >= 4 is 23.4 Å². The summed E-state index contributed by atoms with van der Waals surface area (Å²) in [6.45, 7) is 6.32. The average molecular weight is 545 g/mol. The number of aliphatic carboxylic acids is 1. The number of Topliss-reactive ketones (excluding diaryl/α,β-unsaturated/α-hetero) is 1. The van der Waals surface area contributed by atoms with Crippen LogP contribution in [0.1, 0.15) is 67.4 Å². The zero-order chi connectivity index (χ0) is 26.6. The molecule has 194 valence electrons. The summed E-state index contributed by atoms with van der Waals surface area (Å²) in [4.78, 5) is 24.2. The first-order chi connectivity index (χ1) is 17.6. The smallest absolute Gasteiger partial charge is 0.549 e. The summed E-state index contributed by atoms with van der Waals surface area (Å²) in [5.41, 5.74) is 1.89. The molecule has 1 atom stereocenters. The zero-order valence-corrected chi connectivity index (χ0v) is 25.0. The van der Waals surface area contributed by atoms with Gasteiger partial charge in [-0.25, -0.2) is 0 Å². The van der Waals surface area contributed by atoms with Crippen LogP contribution >= 0.6 is 11.6 Å². The Hall–Kier alpha value is -2.51. The number of rotatable bonds is 9. The van der Waals surface area contributed by atoms with E-state index in [2.05, 4.69) is 0 Å². The van der Waals surface area contributed by atoms with Crippen molar-refractivity contribution in [2.75, 3.05) is 6.61 Å². The second kappa shape index (κ2) is 13.0. The van der Waals surface area contributed by atoms with Crippen molar-refractivity contribution in [1.82, 2.24) is 0 Å². The van der Waals surface area contributed by atoms with Gasteiger partial charge in [0, 0.05) is 35.5 Å². The summed E-state index contributed by atoms with van der Waals surface area (Å²) in [7, 11) is 0. The van der Waals surface area contributed by atoms with Crippen molar-refractivity contribution in [3.8, 4) is 23.0 Å². The average Bonchev–Trinajstić information content (AvgIpc) is 2.84. The molecule has 0 aliphatic carbocycles. The monoisotopic (exact) mass is 544 g/mol. The molecule has 8 heteroatoms. The molecule has 3 aromatic carbocycles. The molecule has 4 rings (SSSR count). The van der Waals surface area contributed by atoms with E-state index < -0.39 is 11.9 Å². The molecule has 0 spiro atoms. The number of aryl methyl sites for hydroxylation is 1. The summed E-state index contributed by atoms with van der Waals surface area (Å²) >= 11 is 6.36. The minimum Gasteiger partial charge on any atom is -0.549 e. The Labute approximate surface area is 250 Å². The van der Waals surface area contributed by atoms with E-state index in [4.69, 9.17) is 25.8 Å². The number of benzene rings is 3. The topological polar surface area (TPSA) is 84.9 Å². The van der Waals surface area contributed by atoms with Crippen LogP contribution in [0.5, 0.6) is 23.0 Å². The first-order valence-corrected chi connectivity index (χ1v) is 12.7. The molecule has 38 heavy (non-hydrogen) atoms. The first kappa shape index (κ1) is 30.0. The minimum atomic E-state index is -1.16. The zero-order valence-electron chi connectivity index (χ0n) is 22.2. The van der Waals surface area contributed by atoms with E-state index in [-0.39, 0.29) is 52.6 Å². The third-order valence-electron chi connectivity index (χ3n) is 6.03. The van der Waals surface area contributed by atoms with Gasteiger partial charge in [0.2, 0.25) is 0 Å². The number of carboxylic acid groups (broad SMARTS) is 1. The number of carbonyl (C=O) groups excluding carboxylic acids is 2. The van der Waals surface area contributed by atoms with E-state index in [9.17, 15) is 14.7 Å². The largest absolute Gasteiger partial charge is 1.00 e. The third-order valence-corrected chi connectivity index (χ3v) is 6.33. The van der Waals surface area contributed by atoms with Gasteiger partial charge in [0.05, 0.1) is 11.6 Å². The van der Waals surface area contributed by atoms with E-state index in [0.717, 1.165) is 17.7 Å². The number of ketones is 1. The van der Waals surface area contributed by atoms with Gasteiger partial charge in [-0.3, -0.25) is 4.79 Å². The Kier molecular flexibility index (Phi) is 10.3. The molecule has 1 aliphatic heterocycles. The molecule has 0 saturated heterocycles. The predicted octanol–water partition coefficient (Wildman–Crippen LogP) is 3.14. The number of fused-ring (bicyclic) bond motifs is 1. The Morgan fingerprint density at radius 1 is 1.05 bits per heavy atom. The second-order valence-electron chi connectivity index (χ2n) is 10.1. The molecule has 0 amide bonds. The molecular formula is C30H30ClNaO6. The van der Waals surface area contributed by atoms with Crippen LogP contribution < -0.4 is 48.9 Å². The van der Waals surface area contributed by atoms with Gasteiger partial charge in [0.1, 0.15) is 28.6 Å². The number of halogens is 1. The van der Waals surface area contributed by atoms with E-state index in [1.54, 1.807) is 36.4 Å². The van der Waals surface area contributed by atoms with Crippen LogP contribution in [0.4, 0.5) is 0 Å². The van der Waals surface area contributed by atoms with Crippen LogP contribution in [0, 0.1) is 0 Å². The normalized spacial score (nSPS) is 14.5. The Morgan fingerprint density at radius 3 is 2.45 bits per heavy atom. The summed E-state index contributed by atoms with van der Waals surface area (Å²) in [5, 5.41) is 11.7. The number of carbonyl (C=O) groups is 2. The van der Waals surface area contributed by atoms with Gasteiger partial charge in [0.25, 0.3) is 0 Å². The fraction of sp³-hybridized carbons (Fsp3) is 0.333. The maximum atomic E-state index is 12.8. The van der Waals surface area contributed by atoms with Gasteiger partial charge in [-0.05, 0) is 82.0 Å². The van der Waals surface area contributed by atoms with Crippen molar-refractivity contribution in [3.63, 3.8) is 0 Å². The minimum absolute atomic E-state index is 0. The van der Waals surface area contributed by atoms with Crippen LogP contribution in [-0.2, 0) is 11.2 Å². The molecular weight excluding hydrogens is 515 g/mol. The molecule has 1 aliphatic rings. The summed E-state index contributed by atoms with van der Waals surface area (Å²) in [6, 6.07) is 17.9. The van der Waals surface area contributed by atoms with Gasteiger partial charge in [-0.15, -0.1) is 0 Å². The predicted molar refractivity (Wildman–Crippen MR) is 140 cm³/mol. The van der Waals surface area contributed by atoms with Crippen LogP contribution in [0.2, 0.25) is 5.02 Å². The SMILES string of the molecule is CC(C)(C)Oc1ccccc1CCCC(=O)c1ccc(Oc2cc3c(cc2Cl)C(C(=O)[O-])CCO3)cc1.[Na+]. The van der Waals surface area contributed by atoms with Crippen molar-refractivity contribution in [3.05, 3.63) is 82.4 Å². The van der Waals surface area contributed by atoms with Gasteiger partial charge in [-0.2, -0.15) is 0 Å². The van der Waals surface area contributed by atoms with Gasteiger partial charge in [-0.1, -0.05) is 29.8 Å². The fourth-order valence-electron chi connectivity index (χ4n) is 4.27. The fourth-order valence-corrected chi connectivity index (χ4v) is 4.48. The number of carboxylic acids is 1. The van der Waals surface area contributed by atoms with Crippen molar-refractivity contribution in [1.29, 1.82) is 0 Å². The molecule has 1 unspecified atom stereocenters. The maximum Gasteiger partial charge on any atom is 1.00 e. The molecule has 0 bridgehead atoms. The first-order valence-electron chi connectivity index (χ1n) is 12.4. The van der Waals surface area contributed by atoms with Crippen molar-refractivity contribution in [2.45, 2.75) is 58.0 Å². The standard InChI is InChI=1S/C30H31ClO6.Na/c1-30(2,3)37-26-10-5-4-7-20(26)8-6-9-25(32)19-11-13-21(14-12-19)36-28-18-27-23(17-24(28)31)22(29(33)34)15-16-35-27;/h4-5,7,10-14,17-18,22H,6,8-9,15-16H2,1-3H3,(H,33,34);/q;+1/p-1. The third kappa shape index (κ3) is 7.76. The quantitative estimate of drug-likeness (QED) is 0.304. The number of para-hydroxylation sites is 1. The summed E-state index contributed by atoms with van der Waals surface area (Å²) in [5.74, 6) is 0.242. The Bertz CT molecular complexity index is 1280. The number of hydrogen-bond acceptors (Lipinski definition) is 6. The number of hydrogen-bond donors (Lipinski definition) is 0. The van der Waals surface area contributed by atoms with Gasteiger partial charge in [0.15, 0.2) is 5.78 Å². The van der Waals surface area contributed by atoms with Gasteiger partial charge < -0.3 is 24.1 Å². The molecule has 1 heterocycles. The molecule has 0 aromatic heterocycles. The van der Waals surface area contributed by atoms with Crippen molar-refractivity contribution < 1.29 is 58.5 Å². The second-order valence-corrected chi connectivity index (χ2v) is 10.5. The Balaban J connectivity index is 0.00000400. The maximum absolute atomic E-state index is 12.8. The van der Waals surface area contributed by atoms with Crippen molar-refractivity contribution in [2.24, 2.45) is 0 Å². The molecule has 0 N–H and O–H groups in total. The van der Waals surface area contributed by atoms with Crippen LogP contribution in [0.15, 0.2) is 60.7 Å². The molecule has 6 nitrogen and oxygen atoms in total.